The van der Waals surface area contributed by atoms with Crippen LogP contribution in [0.4, 0.5) is 0 Å². The molecule has 0 radical (unpaired) electrons. The number of rotatable bonds is 2. The molecular weight excluding hydrogens is 222 g/mol. The van der Waals surface area contributed by atoms with Gasteiger partial charge in [-0.25, -0.2) is 0 Å². The van der Waals surface area contributed by atoms with Crippen molar-refractivity contribution < 1.29 is 0 Å². The molecule has 0 saturated heterocycles. The highest BCUT2D eigenvalue weighted by Crippen LogP contribution is 2.10. The minimum absolute atomic E-state index is 0.478. The Bertz CT molecular complexity index is 459. The predicted molar refractivity (Wildman–Crippen MR) is 69.0 cm³/mol. The molecule has 0 aliphatic carbocycles. The molecule has 1 nitrogen and oxygen atoms in total. The Labute approximate surface area is 100 Å². The molecule has 0 aliphatic rings. The molecule has 0 bridgehead atoms. The predicted octanol–water partition coefficient (Wildman–Crippen LogP) is 2.76. The third-order valence-corrected chi connectivity index (χ3v) is 2.65. The maximum absolute atomic E-state index is 5.00. The monoisotopic (exact) mass is 232 g/mol. The van der Waals surface area contributed by atoms with Crippen LogP contribution in [0.15, 0.2) is 48.7 Å². The molecule has 1 aromatic carbocycles. The molecule has 0 atom stereocenters. The molecule has 15 heavy (non-hydrogen) atoms. The zero-order chi connectivity index (χ0) is 10.7. The zero-order valence-electron chi connectivity index (χ0n) is 8.09. The quantitative estimate of drug-likeness (QED) is 0.579. The Morgan fingerprint density at radius 1 is 1.13 bits per heavy atom. The first-order valence-electron chi connectivity index (χ1n) is 4.69. The molecule has 0 amide bonds. The van der Waals surface area contributed by atoms with Crippen LogP contribution in [0.3, 0.4) is 0 Å². The summed E-state index contributed by atoms with van der Waals surface area (Å²) in [5.74, 6) is 0. The molecule has 0 N–H and O–H groups in total. The SMILES string of the molecule is S=C([S-])n1cccc1Cc1ccccc1. The lowest BCUT2D eigenvalue weighted by Crippen LogP contribution is -2.08. The molecule has 2 rings (SSSR count). The molecule has 1 heterocycles. The summed E-state index contributed by atoms with van der Waals surface area (Å²) < 4.78 is 2.35. The molecule has 0 saturated carbocycles. The molecule has 0 unspecified atom stereocenters. The minimum atomic E-state index is 0.478. The normalized spacial score (nSPS) is 10.1. The number of thiocarbonyl (C=S) groups is 1. The summed E-state index contributed by atoms with van der Waals surface area (Å²) in [6, 6.07) is 14.3. The molecule has 2 aromatic rings. The van der Waals surface area contributed by atoms with Gasteiger partial charge < -0.3 is 29.4 Å². The fourth-order valence-corrected chi connectivity index (χ4v) is 1.90. The van der Waals surface area contributed by atoms with Crippen LogP contribution in [-0.2, 0) is 19.0 Å². The fourth-order valence-electron chi connectivity index (χ4n) is 1.54. The van der Waals surface area contributed by atoms with E-state index in [1.165, 1.54) is 5.56 Å². The Morgan fingerprint density at radius 3 is 2.53 bits per heavy atom. The fraction of sp³-hybridized carbons (Fsp3) is 0.0833. The van der Waals surface area contributed by atoms with Gasteiger partial charge >= 0.3 is 0 Å². The number of aromatic nitrogens is 1. The highest BCUT2D eigenvalue weighted by Gasteiger charge is 2.00. The van der Waals surface area contributed by atoms with Crippen LogP contribution in [-0.4, -0.2) is 8.89 Å². The van der Waals surface area contributed by atoms with Crippen molar-refractivity contribution in [3.05, 3.63) is 59.9 Å². The van der Waals surface area contributed by atoms with E-state index >= 15 is 0 Å². The van der Waals surface area contributed by atoms with Crippen LogP contribution in [0, 0.1) is 0 Å². The van der Waals surface area contributed by atoms with Gasteiger partial charge in [-0.1, -0.05) is 34.7 Å². The number of hydrogen-bond donors (Lipinski definition) is 0. The third kappa shape index (κ3) is 2.43. The van der Waals surface area contributed by atoms with Crippen LogP contribution in [0.2, 0.25) is 0 Å². The Morgan fingerprint density at radius 2 is 1.87 bits per heavy atom. The smallest absolute Gasteiger partial charge is 0.0253 e. The molecule has 0 spiro atoms. The van der Waals surface area contributed by atoms with E-state index in [9.17, 15) is 0 Å². The summed E-state index contributed by atoms with van der Waals surface area (Å²) in [7, 11) is 0. The lowest BCUT2D eigenvalue weighted by Gasteiger charge is -2.12. The van der Waals surface area contributed by atoms with Crippen LogP contribution in [0.5, 0.6) is 0 Å². The van der Waals surface area contributed by atoms with Crippen LogP contribution in [0.1, 0.15) is 11.3 Å². The van der Waals surface area contributed by atoms with Crippen molar-refractivity contribution in [1.82, 2.24) is 4.57 Å². The summed E-state index contributed by atoms with van der Waals surface area (Å²) in [5, 5.41) is 0. The Balaban J connectivity index is 2.25. The van der Waals surface area contributed by atoms with Crippen LogP contribution < -0.4 is 0 Å². The number of benzene rings is 1. The highest BCUT2D eigenvalue weighted by molar-refractivity contribution is 8.00. The average molecular weight is 232 g/mol. The minimum Gasteiger partial charge on any atom is -0.411 e. The van der Waals surface area contributed by atoms with Gasteiger partial charge in [-0.05, 0) is 17.7 Å². The van der Waals surface area contributed by atoms with E-state index in [1.807, 2.05) is 41.1 Å². The maximum Gasteiger partial charge on any atom is 0.0253 e. The van der Waals surface area contributed by atoms with Gasteiger partial charge in [-0.2, -0.15) is 0 Å². The lowest BCUT2D eigenvalue weighted by molar-refractivity contribution is 1.03. The average Bonchev–Trinajstić information content (AvgIpc) is 2.67. The van der Waals surface area contributed by atoms with Gasteiger partial charge in [-0.15, -0.1) is 0 Å². The van der Waals surface area contributed by atoms with Crippen LogP contribution in [0.25, 0.3) is 0 Å². The first-order valence-corrected chi connectivity index (χ1v) is 5.50. The largest absolute Gasteiger partial charge is 0.411 e. The lowest BCUT2D eigenvalue weighted by atomic mass is 10.1. The van der Waals surface area contributed by atoms with Crippen molar-refractivity contribution >= 4 is 29.2 Å². The number of hydrogen-bond acceptors (Lipinski definition) is 2. The van der Waals surface area contributed by atoms with Crippen molar-refractivity contribution in [3.8, 4) is 0 Å². The van der Waals surface area contributed by atoms with E-state index in [1.54, 1.807) is 0 Å². The zero-order valence-corrected chi connectivity index (χ0v) is 9.72. The van der Waals surface area contributed by atoms with Crippen LogP contribution >= 0.6 is 12.2 Å². The van der Waals surface area contributed by atoms with Gasteiger partial charge in [-0.3, -0.25) is 0 Å². The van der Waals surface area contributed by atoms with E-state index in [2.05, 4.69) is 12.1 Å². The highest BCUT2D eigenvalue weighted by atomic mass is 32.1. The molecule has 0 fully saturated rings. The summed E-state index contributed by atoms with van der Waals surface area (Å²) in [5.41, 5.74) is 2.41. The second-order valence-electron chi connectivity index (χ2n) is 3.30. The number of nitrogens with zero attached hydrogens (tertiary/aromatic N) is 1. The van der Waals surface area contributed by atoms with Crippen molar-refractivity contribution in [1.29, 1.82) is 0 Å². The molecule has 76 valence electrons. The second-order valence-corrected chi connectivity index (χ2v) is 4.33. The van der Waals surface area contributed by atoms with Crippen molar-refractivity contribution in [3.63, 3.8) is 0 Å². The Hall–Kier alpha value is -1.19. The van der Waals surface area contributed by atoms with E-state index in [-0.39, 0.29) is 0 Å². The van der Waals surface area contributed by atoms with Crippen molar-refractivity contribution in [2.24, 2.45) is 0 Å². The maximum atomic E-state index is 5.00. The first-order chi connectivity index (χ1) is 7.27. The van der Waals surface area contributed by atoms with Gasteiger partial charge in [0.15, 0.2) is 0 Å². The van der Waals surface area contributed by atoms with Gasteiger partial charge in [0.1, 0.15) is 0 Å². The van der Waals surface area contributed by atoms with Gasteiger partial charge in [0.2, 0.25) is 0 Å². The van der Waals surface area contributed by atoms with E-state index in [0.717, 1.165) is 12.1 Å². The molecule has 0 aliphatic heterocycles. The van der Waals surface area contributed by atoms with Crippen molar-refractivity contribution in [2.75, 3.05) is 0 Å². The Kier molecular flexibility index (Phi) is 3.14. The van der Waals surface area contributed by atoms with Gasteiger partial charge in [0, 0.05) is 18.3 Å². The standard InChI is InChI=1S/C12H11NS2/c14-12(15)13-8-4-7-11(13)9-10-5-2-1-3-6-10/h1-8H,9H2,(H,14,15)/p-1. The summed E-state index contributed by atoms with van der Waals surface area (Å²) in [6.45, 7) is 0. The summed E-state index contributed by atoms with van der Waals surface area (Å²) in [6.07, 6.45) is 2.78. The topological polar surface area (TPSA) is 4.93 Å². The molecular formula is C12H10NS2-. The second kappa shape index (κ2) is 4.55. The van der Waals surface area contributed by atoms with E-state index in [0.29, 0.717) is 4.32 Å². The van der Waals surface area contributed by atoms with Gasteiger partial charge in [0.05, 0.1) is 0 Å². The first kappa shape index (κ1) is 10.3. The van der Waals surface area contributed by atoms with Gasteiger partial charge in [0.25, 0.3) is 0 Å². The molecule has 1 aromatic heterocycles. The van der Waals surface area contributed by atoms with E-state index < -0.39 is 0 Å². The summed E-state index contributed by atoms with van der Waals surface area (Å²) in [4.78, 5) is 0. The molecule has 3 heteroatoms. The van der Waals surface area contributed by atoms with E-state index in [4.69, 9.17) is 24.8 Å². The third-order valence-electron chi connectivity index (χ3n) is 2.26. The summed E-state index contributed by atoms with van der Waals surface area (Å²) >= 11 is 9.99. The van der Waals surface area contributed by atoms with Crippen molar-refractivity contribution in [2.45, 2.75) is 6.42 Å².